The lowest BCUT2D eigenvalue weighted by molar-refractivity contribution is 0.174. The molecule has 0 bridgehead atoms. The summed E-state index contributed by atoms with van der Waals surface area (Å²) in [5, 5.41) is 3.64. The molecule has 1 aromatic carbocycles. The minimum absolute atomic E-state index is 0.260. The van der Waals surface area contributed by atoms with Crippen LogP contribution in [-0.2, 0) is 6.42 Å². The van der Waals surface area contributed by atoms with Crippen LogP contribution in [0.2, 0.25) is 0 Å². The lowest BCUT2D eigenvalue weighted by Crippen LogP contribution is -2.24. The number of carbonyl (C=O) groups is 1. The first-order chi connectivity index (χ1) is 7.75. The fourth-order valence-electron chi connectivity index (χ4n) is 1.33. The van der Waals surface area contributed by atoms with Crippen LogP contribution in [0.25, 0.3) is 0 Å². The largest absolute Gasteiger partial charge is 0.454 e. The third kappa shape index (κ3) is 2.41. The van der Waals surface area contributed by atoms with Crippen molar-refractivity contribution in [2.45, 2.75) is 6.42 Å². The molecule has 3 N–H and O–H groups in total. The Balaban J connectivity index is 1.95. The predicted octanol–water partition coefficient (Wildman–Crippen LogP) is 0.612. The van der Waals surface area contributed by atoms with Crippen molar-refractivity contribution in [3.63, 3.8) is 0 Å². The summed E-state index contributed by atoms with van der Waals surface area (Å²) in [5.41, 5.74) is 7.98. The van der Waals surface area contributed by atoms with Crippen LogP contribution in [0.3, 0.4) is 0 Å². The zero-order chi connectivity index (χ0) is 11.4. The van der Waals surface area contributed by atoms with Gasteiger partial charge in [0.2, 0.25) is 6.79 Å². The second-order valence-corrected chi connectivity index (χ2v) is 3.18. The number of hydrogen-bond acceptors (Lipinski definition) is 4. The van der Waals surface area contributed by atoms with E-state index in [0.717, 1.165) is 17.1 Å². The minimum Gasteiger partial charge on any atom is -0.454 e. The number of amides is 2. The Morgan fingerprint density at radius 1 is 1.50 bits per heavy atom. The summed E-state index contributed by atoms with van der Waals surface area (Å²) in [6, 6.07) is 4.94. The Hall–Kier alpha value is -2.24. The molecule has 0 unspecified atom stereocenters. The summed E-state index contributed by atoms with van der Waals surface area (Å²) in [7, 11) is 0. The van der Waals surface area contributed by atoms with Gasteiger partial charge in [-0.05, 0) is 17.7 Å². The van der Waals surface area contributed by atoms with E-state index in [9.17, 15) is 4.79 Å². The van der Waals surface area contributed by atoms with E-state index in [1.807, 2.05) is 18.2 Å². The van der Waals surface area contributed by atoms with E-state index in [4.69, 9.17) is 15.2 Å². The molecule has 6 nitrogen and oxygen atoms in total. The van der Waals surface area contributed by atoms with Gasteiger partial charge in [0.15, 0.2) is 11.5 Å². The van der Waals surface area contributed by atoms with Gasteiger partial charge in [-0.3, -0.25) is 0 Å². The van der Waals surface area contributed by atoms with Crippen molar-refractivity contribution in [3.8, 4) is 11.5 Å². The number of nitrogens with one attached hydrogen (secondary N) is 1. The molecule has 0 radical (unpaired) electrons. The minimum atomic E-state index is -0.679. The Labute approximate surface area is 92.0 Å². The molecule has 0 atom stereocenters. The first kappa shape index (κ1) is 10.3. The summed E-state index contributed by atoms with van der Waals surface area (Å²) in [4.78, 5) is 10.3. The molecule has 1 aliphatic heterocycles. The fourth-order valence-corrected chi connectivity index (χ4v) is 1.33. The predicted molar refractivity (Wildman–Crippen MR) is 57.5 cm³/mol. The first-order valence-corrected chi connectivity index (χ1v) is 4.71. The maximum atomic E-state index is 10.3. The van der Waals surface area contributed by atoms with E-state index in [0.29, 0.717) is 6.42 Å². The number of primary amides is 1. The molecular formula is C10H11N3O3. The van der Waals surface area contributed by atoms with Gasteiger partial charge in [0.1, 0.15) is 0 Å². The lowest BCUT2D eigenvalue weighted by Gasteiger charge is -1.99. The zero-order valence-electron chi connectivity index (χ0n) is 8.47. The molecule has 0 saturated heterocycles. The first-order valence-electron chi connectivity index (χ1n) is 4.71. The van der Waals surface area contributed by atoms with E-state index >= 15 is 0 Å². The highest BCUT2D eigenvalue weighted by Gasteiger charge is 2.12. The Bertz CT molecular complexity index is 431. The molecule has 0 aliphatic carbocycles. The number of benzene rings is 1. The van der Waals surface area contributed by atoms with Crippen molar-refractivity contribution in [2.75, 3.05) is 6.79 Å². The monoisotopic (exact) mass is 221 g/mol. The van der Waals surface area contributed by atoms with Crippen molar-refractivity contribution < 1.29 is 14.3 Å². The van der Waals surface area contributed by atoms with Crippen molar-refractivity contribution >= 4 is 12.2 Å². The van der Waals surface area contributed by atoms with E-state index in [-0.39, 0.29) is 6.79 Å². The number of carbonyl (C=O) groups excluding carboxylic acids is 1. The SMILES string of the molecule is NC(=O)NN=CCc1ccc2c(c1)OCO2. The number of urea groups is 1. The number of rotatable bonds is 3. The van der Waals surface area contributed by atoms with E-state index in [1.54, 1.807) is 6.21 Å². The highest BCUT2D eigenvalue weighted by atomic mass is 16.7. The number of nitrogens with two attached hydrogens (primary N) is 1. The van der Waals surface area contributed by atoms with E-state index in [2.05, 4.69) is 10.5 Å². The van der Waals surface area contributed by atoms with Gasteiger partial charge >= 0.3 is 6.03 Å². The zero-order valence-corrected chi connectivity index (χ0v) is 8.47. The van der Waals surface area contributed by atoms with Crippen LogP contribution in [-0.4, -0.2) is 19.0 Å². The molecule has 0 spiro atoms. The molecule has 2 rings (SSSR count). The van der Waals surface area contributed by atoms with Gasteiger partial charge in [0.25, 0.3) is 0 Å². The number of ether oxygens (including phenoxy) is 2. The average molecular weight is 221 g/mol. The molecule has 1 aromatic rings. The van der Waals surface area contributed by atoms with Gasteiger partial charge in [-0.25, -0.2) is 10.2 Å². The van der Waals surface area contributed by atoms with Gasteiger partial charge in [-0.1, -0.05) is 6.07 Å². The molecule has 16 heavy (non-hydrogen) atoms. The Morgan fingerprint density at radius 3 is 3.12 bits per heavy atom. The van der Waals surface area contributed by atoms with Crippen molar-refractivity contribution in [3.05, 3.63) is 23.8 Å². The van der Waals surface area contributed by atoms with E-state index < -0.39 is 6.03 Å². The van der Waals surface area contributed by atoms with Crippen molar-refractivity contribution in [1.29, 1.82) is 0 Å². The molecule has 1 heterocycles. The normalized spacial score (nSPS) is 13.0. The molecule has 84 valence electrons. The molecule has 2 amide bonds. The van der Waals surface area contributed by atoms with Crippen LogP contribution in [0.1, 0.15) is 5.56 Å². The molecule has 0 saturated carbocycles. The number of hydrogen-bond donors (Lipinski definition) is 2. The van der Waals surface area contributed by atoms with Gasteiger partial charge in [0.05, 0.1) is 0 Å². The molecule has 6 heteroatoms. The molecular weight excluding hydrogens is 210 g/mol. The standard InChI is InChI=1S/C10H11N3O3/c11-10(14)13-12-4-3-7-1-2-8-9(5-7)16-6-15-8/h1-2,4-5H,3,6H2,(H3,11,13,14). The van der Waals surface area contributed by atoms with E-state index in [1.165, 1.54) is 0 Å². The molecule has 0 fully saturated rings. The number of fused-ring (bicyclic) bond motifs is 1. The van der Waals surface area contributed by atoms with Crippen LogP contribution in [0.15, 0.2) is 23.3 Å². The van der Waals surface area contributed by atoms with Crippen LogP contribution in [0, 0.1) is 0 Å². The Morgan fingerprint density at radius 2 is 2.31 bits per heavy atom. The second kappa shape index (κ2) is 4.52. The average Bonchev–Trinajstić information content (AvgIpc) is 2.71. The summed E-state index contributed by atoms with van der Waals surface area (Å²) in [6.07, 6.45) is 2.14. The summed E-state index contributed by atoms with van der Waals surface area (Å²) in [6.45, 7) is 0.260. The summed E-state index contributed by atoms with van der Waals surface area (Å²) >= 11 is 0. The smallest absolute Gasteiger partial charge is 0.332 e. The maximum absolute atomic E-state index is 10.3. The van der Waals surface area contributed by atoms with Gasteiger partial charge < -0.3 is 15.2 Å². The van der Waals surface area contributed by atoms with Gasteiger partial charge in [-0.2, -0.15) is 5.10 Å². The number of nitrogens with zero attached hydrogens (tertiary/aromatic N) is 1. The fraction of sp³-hybridized carbons (Fsp3) is 0.200. The topological polar surface area (TPSA) is 85.9 Å². The highest BCUT2D eigenvalue weighted by Crippen LogP contribution is 2.32. The third-order valence-corrected chi connectivity index (χ3v) is 2.03. The lowest BCUT2D eigenvalue weighted by atomic mass is 10.1. The summed E-state index contributed by atoms with van der Waals surface area (Å²) in [5.74, 6) is 1.48. The summed E-state index contributed by atoms with van der Waals surface area (Å²) < 4.78 is 10.4. The number of hydrazone groups is 1. The molecule has 0 aromatic heterocycles. The third-order valence-electron chi connectivity index (χ3n) is 2.03. The van der Waals surface area contributed by atoms with Crippen molar-refractivity contribution in [2.24, 2.45) is 10.8 Å². The quantitative estimate of drug-likeness (QED) is 0.579. The second-order valence-electron chi connectivity index (χ2n) is 3.18. The van der Waals surface area contributed by atoms with Crippen LogP contribution < -0.4 is 20.6 Å². The molecule has 1 aliphatic rings. The Kier molecular flexibility index (Phi) is 2.90. The van der Waals surface area contributed by atoms with Crippen molar-refractivity contribution in [1.82, 2.24) is 5.43 Å². The van der Waals surface area contributed by atoms with Gasteiger partial charge in [-0.15, -0.1) is 0 Å². The van der Waals surface area contributed by atoms with Gasteiger partial charge in [0, 0.05) is 12.6 Å². The van der Waals surface area contributed by atoms with Crippen LogP contribution in [0.4, 0.5) is 4.79 Å². The maximum Gasteiger partial charge on any atom is 0.332 e. The van der Waals surface area contributed by atoms with Crippen LogP contribution >= 0.6 is 0 Å². The highest BCUT2D eigenvalue weighted by molar-refractivity contribution is 5.73. The van der Waals surface area contributed by atoms with Crippen LogP contribution in [0.5, 0.6) is 11.5 Å².